The fourth-order valence-electron chi connectivity index (χ4n) is 3.33. The molecule has 8 heteroatoms. The molecule has 2 heterocycles. The van der Waals surface area contributed by atoms with Crippen LogP contribution >= 0.6 is 0 Å². The van der Waals surface area contributed by atoms with Gasteiger partial charge < -0.3 is 20.0 Å². The Morgan fingerprint density at radius 1 is 1.17 bits per heavy atom. The van der Waals surface area contributed by atoms with E-state index in [2.05, 4.69) is 32.4 Å². The molecule has 1 fully saturated rings. The minimum Gasteiger partial charge on any atom is -0.444 e. The van der Waals surface area contributed by atoms with Crippen LogP contribution in [0.2, 0.25) is 0 Å². The summed E-state index contributed by atoms with van der Waals surface area (Å²) in [7, 11) is 0. The van der Waals surface area contributed by atoms with Gasteiger partial charge in [0.15, 0.2) is 5.96 Å². The van der Waals surface area contributed by atoms with E-state index < -0.39 is 0 Å². The van der Waals surface area contributed by atoms with Crippen LogP contribution in [0.5, 0.6) is 0 Å². The maximum Gasteiger partial charge on any atom is 0.226 e. The number of hydrogen-bond acceptors (Lipinski definition) is 5. The Kier molecular flexibility index (Phi) is 7.84. The first kappa shape index (κ1) is 21.8. The van der Waals surface area contributed by atoms with Gasteiger partial charge in [0.2, 0.25) is 11.8 Å². The first-order chi connectivity index (χ1) is 14.5. The third-order valence-corrected chi connectivity index (χ3v) is 5.13. The monoisotopic (exact) mass is 412 g/mol. The van der Waals surface area contributed by atoms with E-state index in [1.807, 2.05) is 36.1 Å². The molecule has 0 radical (unpaired) electrons. The number of aromatic nitrogens is 1. The zero-order valence-corrected chi connectivity index (χ0v) is 18.1. The van der Waals surface area contributed by atoms with Gasteiger partial charge in [0, 0.05) is 58.3 Å². The molecule has 1 aromatic carbocycles. The predicted molar refractivity (Wildman–Crippen MR) is 118 cm³/mol. The van der Waals surface area contributed by atoms with E-state index in [1.165, 1.54) is 5.56 Å². The molecule has 0 unspecified atom stereocenters. The fraction of sp³-hybridized carbons (Fsp3) is 0.500. The summed E-state index contributed by atoms with van der Waals surface area (Å²) in [6.07, 6.45) is 1.66. The van der Waals surface area contributed by atoms with Gasteiger partial charge in [-0.25, -0.2) is 9.98 Å². The number of carbonyl (C=O) groups excluding carboxylic acids is 1. The van der Waals surface area contributed by atoms with Gasteiger partial charge in [0.05, 0.1) is 6.54 Å². The number of nitrogens with zero attached hydrogens (tertiary/aromatic N) is 4. The molecule has 2 N–H and O–H groups in total. The van der Waals surface area contributed by atoms with Crippen molar-refractivity contribution in [2.45, 2.75) is 27.3 Å². The van der Waals surface area contributed by atoms with E-state index in [-0.39, 0.29) is 5.91 Å². The molecule has 1 aromatic heterocycles. The zero-order chi connectivity index (χ0) is 21.3. The van der Waals surface area contributed by atoms with Gasteiger partial charge in [-0.05, 0) is 26.0 Å². The third-order valence-electron chi connectivity index (χ3n) is 5.13. The summed E-state index contributed by atoms with van der Waals surface area (Å²) in [5.41, 5.74) is 2.96. The number of nitrogens with one attached hydrogen (secondary N) is 2. The molecular formula is C22H32N6O2. The number of piperazine rings is 1. The highest BCUT2D eigenvalue weighted by molar-refractivity contribution is 5.79. The van der Waals surface area contributed by atoms with Crippen molar-refractivity contribution >= 4 is 11.9 Å². The summed E-state index contributed by atoms with van der Waals surface area (Å²) in [4.78, 5) is 24.9. The van der Waals surface area contributed by atoms with E-state index in [0.717, 1.165) is 63.0 Å². The molecule has 0 aliphatic carbocycles. The van der Waals surface area contributed by atoms with Crippen LogP contribution in [0.25, 0.3) is 11.5 Å². The van der Waals surface area contributed by atoms with Crippen LogP contribution < -0.4 is 10.6 Å². The van der Waals surface area contributed by atoms with Crippen molar-refractivity contribution in [3.63, 3.8) is 0 Å². The highest BCUT2D eigenvalue weighted by atomic mass is 16.3. The second-order valence-electron chi connectivity index (χ2n) is 7.48. The highest BCUT2D eigenvalue weighted by Gasteiger charge is 2.18. The van der Waals surface area contributed by atoms with Crippen molar-refractivity contribution in [1.82, 2.24) is 25.4 Å². The van der Waals surface area contributed by atoms with Gasteiger partial charge in [-0.15, -0.1) is 0 Å². The van der Waals surface area contributed by atoms with Crippen molar-refractivity contribution < 1.29 is 9.21 Å². The van der Waals surface area contributed by atoms with Gasteiger partial charge in [-0.2, -0.15) is 0 Å². The molecule has 1 aliphatic heterocycles. The number of hydrogen-bond donors (Lipinski definition) is 2. The number of aryl methyl sites for hydroxylation is 1. The lowest BCUT2D eigenvalue weighted by atomic mass is 10.1. The highest BCUT2D eigenvalue weighted by Crippen LogP contribution is 2.19. The van der Waals surface area contributed by atoms with Crippen LogP contribution in [-0.4, -0.2) is 72.5 Å². The molecule has 8 nitrogen and oxygen atoms in total. The normalized spacial score (nSPS) is 15.3. The number of amides is 1. The standard InChI is InChI=1S/C22H32N6O2/c1-4-23-22(24-9-10-27-11-13-28(14-12-27)18(3)29)25-15-20-16-30-21(26-20)19-7-5-17(2)6-8-19/h5-8,16H,4,9-15H2,1-3H3,(H2,23,24,25). The molecule has 1 saturated heterocycles. The van der Waals surface area contributed by atoms with E-state index in [9.17, 15) is 4.79 Å². The molecule has 30 heavy (non-hydrogen) atoms. The van der Waals surface area contributed by atoms with Crippen LogP contribution in [-0.2, 0) is 11.3 Å². The minimum atomic E-state index is 0.160. The number of benzene rings is 1. The van der Waals surface area contributed by atoms with E-state index in [4.69, 9.17) is 4.42 Å². The zero-order valence-electron chi connectivity index (χ0n) is 18.1. The van der Waals surface area contributed by atoms with Gasteiger partial charge in [0.25, 0.3) is 0 Å². The van der Waals surface area contributed by atoms with Gasteiger partial charge in [0.1, 0.15) is 12.0 Å². The summed E-state index contributed by atoms with van der Waals surface area (Å²) in [6, 6.07) is 8.11. The Balaban J connectivity index is 1.48. The van der Waals surface area contributed by atoms with Crippen LogP contribution in [0.4, 0.5) is 0 Å². The Bertz CT molecular complexity index is 838. The summed E-state index contributed by atoms with van der Waals surface area (Å²) in [6.45, 7) is 12.1. The number of guanidine groups is 1. The maximum atomic E-state index is 11.4. The molecule has 1 aliphatic rings. The maximum absolute atomic E-state index is 11.4. The van der Waals surface area contributed by atoms with E-state index >= 15 is 0 Å². The number of rotatable bonds is 7. The molecule has 0 atom stereocenters. The predicted octanol–water partition coefficient (Wildman–Crippen LogP) is 1.87. The molecule has 0 bridgehead atoms. The smallest absolute Gasteiger partial charge is 0.226 e. The average molecular weight is 413 g/mol. The second-order valence-corrected chi connectivity index (χ2v) is 7.48. The SMILES string of the molecule is CCNC(=NCc1coc(-c2ccc(C)cc2)n1)NCCN1CCN(C(C)=O)CC1. The fourth-order valence-corrected chi connectivity index (χ4v) is 3.33. The molecule has 0 saturated carbocycles. The number of carbonyl (C=O) groups is 1. The quantitative estimate of drug-likeness (QED) is 0.533. The van der Waals surface area contributed by atoms with Crippen molar-refractivity contribution in [3.05, 3.63) is 41.8 Å². The van der Waals surface area contributed by atoms with Crippen LogP contribution in [0.1, 0.15) is 25.1 Å². The summed E-state index contributed by atoms with van der Waals surface area (Å²) in [5, 5.41) is 6.64. The van der Waals surface area contributed by atoms with Gasteiger partial charge in [-0.1, -0.05) is 17.7 Å². The number of oxazole rings is 1. The topological polar surface area (TPSA) is 86.0 Å². The van der Waals surface area contributed by atoms with Crippen molar-refractivity contribution in [2.24, 2.45) is 4.99 Å². The van der Waals surface area contributed by atoms with Crippen molar-refractivity contribution in [2.75, 3.05) is 45.8 Å². The van der Waals surface area contributed by atoms with E-state index in [0.29, 0.717) is 12.4 Å². The Morgan fingerprint density at radius 2 is 1.90 bits per heavy atom. The van der Waals surface area contributed by atoms with Gasteiger partial charge >= 0.3 is 0 Å². The summed E-state index contributed by atoms with van der Waals surface area (Å²) >= 11 is 0. The first-order valence-corrected chi connectivity index (χ1v) is 10.6. The van der Waals surface area contributed by atoms with Gasteiger partial charge in [-0.3, -0.25) is 9.69 Å². The second kappa shape index (κ2) is 10.8. The molecule has 1 amide bonds. The van der Waals surface area contributed by atoms with Crippen LogP contribution in [0.3, 0.4) is 0 Å². The summed E-state index contributed by atoms with van der Waals surface area (Å²) in [5.74, 6) is 1.54. The third kappa shape index (κ3) is 6.32. The Morgan fingerprint density at radius 3 is 2.57 bits per heavy atom. The Hall–Kier alpha value is -2.87. The molecule has 162 valence electrons. The lowest BCUT2D eigenvalue weighted by Crippen LogP contribution is -2.50. The molecule has 2 aromatic rings. The average Bonchev–Trinajstić information content (AvgIpc) is 3.22. The van der Waals surface area contributed by atoms with Crippen molar-refractivity contribution in [1.29, 1.82) is 0 Å². The molecule has 0 spiro atoms. The molecular weight excluding hydrogens is 380 g/mol. The van der Waals surface area contributed by atoms with Crippen molar-refractivity contribution in [3.8, 4) is 11.5 Å². The summed E-state index contributed by atoms with van der Waals surface area (Å²) < 4.78 is 5.61. The first-order valence-electron chi connectivity index (χ1n) is 10.6. The Labute approximate surface area is 178 Å². The van der Waals surface area contributed by atoms with Crippen LogP contribution in [0, 0.1) is 6.92 Å². The lowest BCUT2D eigenvalue weighted by molar-refractivity contribution is -0.130. The molecule has 3 rings (SSSR count). The minimum absolute atomic E-state index is 0.160. The van der Waals surface area contributed by atoms with E-state index in [1.54, 1.807) is 13.2 Å². The lowest BCUT2D eigenvalue weighted by Gasteiger charge is -2.34. The van der Waals surface area contributed by atoms with Crippen LogP contribution in [0.15, 0.2) is 39.9 Å². The number of aliphatic imine (C=N–C) groups is 1. The largest absolute Gasteiger partial charge is 0.444 e.